The Bertz CT molecular complexity index is 680. The van der Waals surface area contributed by atoms with Gasteiger partial charge in [0.25, 0.3) is 11.7 Å². The van der Waals surface area contributed by atoms with E-state index in [-0.39, 0.29) is 11.8 Å². The minimum Gasteiger partial charge on any atom is -0.458 e. The van der Waals surface area contributed by atoms with Crippen molar-refractivity contribution in [1.82, 2.24) is 9.55 Å². The van der Waals surface area contributed by atoms with E-state index in [9.17, 15) is 10.1 Å². The van der Waals surface area contributed by atoms with Crippen LogP contribution in [0.25, 0.3) is 0 Å². The van der Waals surface area contributed by atoms with E-state index < -0.39 is 4.92 Å². The Morgan fingerprint density at radius 1 is 1.62 bits per heavy atom. The van der Waals surface area contributed by atoms with Crippen LogP contribution in [0.1, 0.15) is 5.56 Å². The van der Waals surface area contributed by atoms with E-state index in [2.05, 4.69) is 10.3 Å². The first kappa shape index (κ1) is 13.7. The van der Waals surface area contributed by atoms with Crippen LogP contribution < -0.4 is 10.1 Å². The van der Waals surface area contributed by atoms with Gasteiger partial charge in [0.05, 0.1) is 18.0 Å². The third kappa shape index (κ3) is 2.64. The minimum absolute atomic E-state index is 0.0317. The Morgan fingerprint density at radius 3 is 3.14 bits per heavy atom. The molecular formula is C13H13ClN4O3. The van der Waals surface area contributed by atoms with Crippen LogP contribution in [-0.4, -0.2) is 27.1 Å². The number of hydrogen-bond acceptors (Lipinski definition) is 5. The largest absolute Gasteiger partial charge is 0.458 e. The fraction of sp³-hybridized carbons (Fsp3) is 0.308. The summed E-state index contributed by atoms with van der Waals surface area (Å²) < 4.78 is 7.52. The number of rotatable bonds is 4. The van der Waals surface area contributed by atoms with Crippen LogP contribution in [-0.2, 0) is 6.54 Å². The summed E-state index contributed by atoms with van der Waals surface area (Å²) in [5, 5.41) is 14.6. The number of ether oxygens (including phenoxy) is 1. The molecule has 0 bridgehead atoms. The first-order valence-corrected chi connectivity index (χ1v) is 6.78. The van der Waals surface area contributed by atoms with Crippen molar-refractivity contribution >= 4 is 23.0 Å². The molecule has 1 N–H and O–H groups in total. The maximum absolute atomic E-state index is 11.1. The fourth-order valence-corrected chi connectivity index (χ4v) is 2.65. The van der Waals surface area contributed by atoms with Gasteiger partial charge < -0.3 is 10.1 Å². The number of nitro benzene ring substituents is 1. The van der Waals surface area contributed by atoms with Crippen LogP contribution in [0.4, 0.5) is 11.4 Å². The van der Waals surface area contributed by atoms with Crippen LogP contribution in [0, 0.1) is 17.0 Å². The van der Waals surface area contributed by atoms with E-state index in [1.807, 2.05) is 10.8 Å². The molecular weight excluding hydrogens is 296 g/mol. The molecule has 0 radical (unpaired) electrons. The van der Waals surface area contributed by atoms with Crippen LogP contribution in [0.15, 0.2) is 24.5 Å². The maximum atomic E-state index is 11.1. The van der Waals surface area contributed by atoms with Crippen LogP contribution in [0.3, 0.4) is 0 Å². The lowest BCUT2D eigenvalue weighted by Gasteiger charge is -2.14. The van der Waals surface area contributed by atoms with Gasteiger partial charge in [0.2, 0.25) is 0 Å². The van der Waals surface area contributed by atoms with Crippen molar-refractivity contribution in [2.24, 2.45) is 0 Å². The molecule has 1 aliphatic heterocycles. The topological polar surface area (TPSA) is 82.2 Å². The molecule has 0 aliphatic carbocycles. The highest BCUT2D eigenvalue weighted by Crippen LogP contribution is 2.32. The van der Waals surface area contributed by atoms with Gasteiger partial charge in [-0.3, -0.25) is 14.7 Å². The molecule has 110 valence electrons. The van der Waals surface area contributed by atoms with E-state index >= 15 is 0 Å². The number of nitro groups is 1. The van der Waals surface area contributed by atoms with Gasteiger partial charge in [-0.1, -0.05) is 11.6 Å². The number of benzene rings is 1. The number of fused-ring (bicyclic) bond motifs is 1. The second-order valence-corrected chi connectivity index (χ2v) is 5.29. The molecule has 0 saturated heterocycles. The van der Waals surface area contributed by atoms with Crippen LogP contribution >= 0.6 is 11.6 Å². The number of aryl methyl sites for hydroxylation is 1. The summed E-state index contributed by atoms with van der Waals surface area (Å²) in [7, 11) is 0. The molecule has 3 rings (SSSR count). The number of anilines is 1. The monoisotopic (exact) mass is 308 g/mol. The van der Waals surface area contributed by atoms with Gasteiger partial charge in [0.1, 0.15) is 11.8 Å². The van der Waals surface area contributed by atoms with Crippen molar-refractivity contribution in [3.63, 3.8) is 0 Å². The summed E-state index contributed by atoms with van der Waals surface area (Å²) in [6.07, 6.45) is 3.40. The second-order valence-electron chi connectivity index (χ2n) is 4.86. The lowest BCUT2D eigenvalue weighted by molar-refractivity contribution is -0.384. The molecule has 21 heavy (non-hydrogen) atoms. The summed E-state index contributed by atoms with van der Waals surface area (Å²) in [5.41, 5.74) is 1.17. The third-order valence-corrected chi connectivity index (χ3v) is 3.55. The molecule has 8 heteroatoms. The van der Waals surface area contributed by atoms with E-state index in [1.54, 1.807) is 19.2 Å². The van der Waals surface area contributed by atoms with Gasteiger partial charge >= 0.3 is 0 Å². The Morgan fingerprint density at radius 2 is 2.43 bits per heavy atom. The maximum Gasteiger partial charge on any atom is 0.296 e. The molecule has 0 amide bonds. The van der Waals surface area contributed by atoms with E-state index in [4.69, 9.17) is 16.3 Å². The SMILES string of the molecule is Cc1cc(Cl)cc([N+](=O)[O-])c1NCC1Cn2ccnc2O1. The average Bonchev–Trinajstić information content (AvgIpc) is 2.97. The summed E-state index contributed by atoms with van der Waals surface area (Å²) in [5.74, 6) is 0. The van der Waals surface area contributed by atoms with E-state index in [0.29, 0.717) is 29.8 Å². The Kier molecular flexibility index (Phi) is 3.42. The predicted octanol–water partition coefficient (Wildman–Crippen LogP) is 2.63. The summed E-state index contributed by atoms with van der Waals surface area (Å²) in [4.78, 5) is 14.7. The highest BCUT2D eigenvalue weighted by Gasteiger charge is 2.24. The lowest BCUT2D eigenvalue weighted by Crippen LogP contribution is -2.25. The molecule has 2 aromatic rings. The van der Waals surface area contributed by atoms with Crippen LogP contribution in [0.5, 0.6) is 6.01 Å². The standard InChI is InChI=1S/C13H13ClN4O3/c1-8-4-9(14)5-11(18(19)20)12(8)16-6-10-7-17-3-2-15-13(17)21-10/h2-5,10,16H,6-7H2,1H3. The number of hydrogen-bond donors (Lipinski definition) is 1. The van der Waals surface area contributed by atoms with E-state index in [0.717, 1.165) is 5.56 Å². The van der Waals surface area contributed by atoms with Gasteiger partial charge in [-0.25, -0.2) is 4.98 Å². The van der Waals surface area contributed by atoms with Gasteiger partial charge in [0, 0.05) is 23.5 Å². The third-order valence-electron chi connectivity index (χ3n) is 3.33. The normalized spacial score (nSPS) is 16.4. The smallest absolute Gasteiger partial charge is 0.296 e. The number of imidazole rings is 1. The van der Waals surface area contributed by atoms with Crippen molar-refractivity contribution in [2.75, 3.05) is 11.9 Å². The van der Waals surface area contributed by atoms with Crippen molar-refractivity contribution < 1.29 is 9.66 Å². The van der Waals surface area contributed by atoms with Gasteiger partial charge in [-0.2, -0.15) is 0 Å². The first-order valence-electron chi connectivity index (χ1n) is 6.41. The van der Waals surface area contributed by atoms with Gasteiger partial charge in [-0.05, 0) is 18.6 Å². The summed E-state index contributed by atoms with van der Waals surface area (Å²) >= 11 is 5.87. The zero-order valence-electron chi connectivity index (χ0n) is 11.2. The Labute approximate surface area is 125 Å². The molecule has 1 aromatic carbocycles. The average molecular weight is 309 g/mol. The molecule has 0 saturated carbocycles. The number of nitrogens with one attached hydrogen (secondary N) is 1. The Balaban J connectivity index is 1.74. The number of nitrogens with zero attached hydrogens (tertiary/aromatic N) is 3. The quantitative estimate of drug-likeness (QED) is 0.693. The van der Waals surface area contributed by atoms with Crippen LogP contribution in [0.2, 0.25) is 5.02 Å². The van der Waals surface area contributed by atoms with Gasteiger partial charge in [-0.15, -0.1) is 0 Å². The lowest BCUT2D eigenvalue weighted by atomic mass is 10.1. The molecule has 1 unspecified atom stereocenters. The predicted molar refractivity (Wildman–Crippen MR) is 78.0 cm³/mol. The zero-order chi connectivity index (χ0) is 15.0. The highest BCUT2D eigenvalue weighted by molar-refractivity contribution is 6.31. The second kappa shape index (κ2) is 5.25. The Hall–Kier alpha value is -2.28. The van der Waals surface area contributed by atoms with Gasteiger partial charge in [0.15, 0.2) is 0 Å². The van der Waals surface area contributed by atoms with E-state index in [1.165, 1.54) is 6.07 Å². The summed E-state index contributed by atoms with van der Waals surface area (Å²) in [6, 6.07) is 3.61. The zero-order valence-corrected chi connectivity index (χ0v) is 12.0. The molecule has 1 atom stereocenters. The van der Waals surface area contributed by atoms with Crippen molar-refractivity contribution in [3.05, 3.63) is 45.2 Å². The summed E-state index contributed by atoms with van der Waals surface area (Å²) in [6.45, 7) is 2.90. The van der Waals surface area contributed by atoms with Crippen molar-refractivity contribution in [3.8, 4) is 6.01 Å². The fourth-order valence-electron chi connectivity index (χ4n) is 2.38. The molecule has 0 spiro atoms. The first-order chi connectivity index (χ1) is 10.0. The molecule has 7 nitrogen and oxygen atoms in total. The van der Waals surface area contributed by atoms with Crippen molar-refractivity contribution in [1.29, 1.82) is 0 Å². The number of aromatic nitrogens is 2. The van der Waals surface area contributed by atoms with Crippen molar-refractivity contribution in [2.45, 2.75) is 19.6 Å². The number of halogens is 1. The minimum atomic E-state index is -0.443. The molecule has 1 aromatic heterocycles. The molecule has 1 aliphatic rings. The molecule has 2 heterocycles. The highest BCUT2D eigenvalue weighted by atomic mass is 35.5. The molecule has 0 fully saturated rings.